The van der Waals surface area contributed by atoms with E-state index in [0.717, 1.165) is 17.2 Å². The average molecular weight is 1380 g/mol. The predicted molar refractivity (Wildman–Crippen MR) is 392 cm³/mol. The van der Waals surface area contributed by atoms with Crippen LogP contribution < -0.4 is 19.8 Å². The summed E-state index contributed by atoms with van der Waals surface area (Å²) in [5.74, 6) is -2.62. The van der Waals surface area contributed by atoms with Crippen LogP contribution in [0, 0.1) is 25.7 Å². The van der Waals surface area contributed by atoms with Gasteiger partial charge in [-0.25, -0.2) is 9.59 Å². The van der Waals surface area contributed by atoms with Gasteiger partial charge in [-0.2, -0.15) is 0 Å². The third-order valence-electron chi connectivity index (χ3n) is 17.9. The van der Waals surface area contributed by atoms with Gasteiger partial charge in [0.1, 0.15) is 40.9 Å². The van der Waals surface area contributed by atoms with Crippen molar-refractivity contribution in [2.75, 3.05) is 34.4 Å². The second kappa shape index (κ2) is 35.1. The van der Waals surface area contributed by atoms with Crippen LogP contribution in [-0.2, 0) is 42.0 Å². The number of carbonyl (C=O) groups is 2. The minimum absolute atomic E-state index is 0.0118. The number of aryl methyl sites for hydroxylation is 2. The van der Waals surface area contributed by atoms with Gasteiger partial charge in [0.2, 0.25) is 0 Å². The summed E-state index contributed by atoms with van der Waals surface area (Å²) < 4.78 is 67.6. The third kappa shape index (κ3) is 23.1. The highest BCUT2D eigenvalue weighted by Gasteiger charge is 2.52. The number of hydrogen-bond donors (Lipinski definition) is 3. The number of aliphatic hydroxyl groups excluding tert-OH is 2. The lowest BCUT2D eigenvalue weighted by atomic mass is 9.99. The van der Waals surface area contributed by atoms with Crippen molar-refractivity contribution in [1.29, 1.82) is 0 Å². The molecule has 0 bridgehead atoms. The van der Waals surface area contributed by atoms with Gasteiger partial charge in [-0.3, -0.25) is 0 Å². The van der Waals surface area contributed by atoms with Crippen molar-refractivity contribution in [2.24, 2.45) is 11.8 Å². The van der Waals surface area contributed by atoms with Gasteiger partial charge in [0.25, 0.3) is 8.32 Å². The summed E-state index contributed by atoms with van der Waals surface area (Å²) in [5.41, 5.74) is 3.44. The van der Waals surface area contributed by atoms with Crippen molar-refractivity contribution in [3.8, 4) is 11.5 Å². The van der Waals surface area contributed by atoms with Crippen LogP contribution in [0.5, 0.6) is 11.5 Å². The summed E-state index contributed by atoms with van der Waals surface area (Å²) in [6.45, 7) is 44.7. The number of carboxylic acid groups (broad SMARTS) is 1. The average Bonchev–Trinajstić information content (AvgIpc) is 0.981. The van der Waals surface area contributed by atoms with Crippen molar-refractivity contribution in [3.05, 3.63) is 155 Å². The predicted octanol–water partition coefficient (Wildman–Crippen LogP) is 15.5. The molecule has 0 spiro atoms. The second-order valence-electron chi connectivity index (χ2n) is 30.4. The monoisotopic (exact) mass is 1380 g/mol. The number of methoxy groups -OCH3 is 2. The summed E-state index contributed by atoms with van der Waals surface area (Å²) in [7, 11) is -3.49. The molecule has 0 amide bonds. The van der Waals surface area contributed by atoms with Gasteiger partial charge in [0, 0.05) is 28.4 Å². The maximum absolute atomic E-state index is 13.7. The van der Waals surface area contributed by atoms with E-state index in [1.807, 2.05) is 52.8 Å². The van der Waals surface area contributed by atoms with Gasteiger partial charge in [-0.05, 0) is 154 Å². The molecule has 2 heterocycles. The molecule has 10 atom stereocenters. The molecule has 19 heteroatoms. The SMILES string of the molecule is COCOc1cc(C)cc(/C=C/C[C@@H]2OC(C)(C)O[C@@H]2C(/C=C\[C@@H](C)[C@@H](C)O[Si](c2ccccc2)(c2ccccc2)C(C)(C)C)O[Si](C)(C)C(C)(C)C)c1C(=O)OCC[Si](C)(C)C.COCOc1cc(C)cc(/C=C/C[C@@H]2OC(C)(C)O[C@@H]2C(O)/C=C\[C@@H](C)[C@H](C)O)c1C(=O)O. The standard InChI is InChI=1S/C52H80O8Si3.C25H36O8/c1-38-35-41(47(46(36-38)56-37-54-12)49(53)55-33-34-61(13,14)15)25-24-30-44-48(58-52(10,11)57-44)45(60-62(16,17)50(4,5)6)32-31-39(2)40(3)59-63(51(7,8)9,42-26-20-18-21-27-42)43-28-22-19-23-29-43;1-15-12-18(22(24(28)29)21(13-15)31-14-30-6)8-7-9-20-23(33-25(4,5)32-20)19(27)11-10-16(2)17(3)26/h18-29,31-32,35-36,39-40,44-45,48H,30,33-34,37H2,1-17H3;7-8,10-13,16-17,19-20,23,26-27H,9,14H2,1-6H3,(H,28,29)/b25-24+,32-31-;8-7+,11-10-/t39-,40-,44+,45?,48+;16-,17+,19?,20+,23-/m11/s1. The summed E-state index contributed by atoms with van der Waals surface area (Å²) in [6.07, 6.45) is 12.6. The maximum Gasteiger partial charge on any atom is 0.342 e. The fourth-order valence-electron chi connectivity index (χ4n) is 11.4. The van der Waals surface area contributed by atoms with Crippen LogP contribution in [0.25, 0.3) is 12.2 Å². The van der Waals surface area contributed by atoms with Crippen LogP contribution in [0.1, 0.15) is 153 Å². The second-order valence-corrected chi connectivity index (χ2v) is 45.0. The van der Waals surface area contributed by atoms with Gasteiger partial charge in [0.15, 0.2) is 33.5 Å². The van der Waals surface area contributed by atoms with Gasteiger partial charge < -0.3 is 66.8 Å². The lowest BCUT2D eigenvalue weighted by Crippen LogP contribution is -2.67. The Kier molecular flexibility index (Phi) is 29.7. The molecule has 2 fully saturated rings. The fourth-order valence-corrected chi connectivity index (χ4v) is 18.1. The number of benzene rings is 4. The highest BCUT2D eigenvalue weighted by atomic mass is 28.4. The molecule has 16 nitrogen and oxygen atoms in total. The van der Waals surface area contributed by atoms with Crippen molar-refractivity contribution >= 4 is 59.2 Å². The highest BCUT2D eigenvalue weighted by Crippen LogP contribution is 2.43. The molecule has 6 rings (SSSR count). The minimum atomic E-state index is -2.79. The number of aromatic carboxylic acids is 1. The summed E-state index contributed by atoms with van der Waals surface area (Å²) >= 11 is 0. The Bertz CT molecular complexity index is 3190. The quantitative estimate of drug-likeness (QED) is 0.0186. The van der Waals surface area contributed by atoms with Crippen LogP contribution in [0.2, 0.25) is 48.9 Å². The van der Waals surface area contributed by atoms with Crippen LogP contribution in [0.3, 0.4) is 0 Å². The first-order chi connectivity index (χ1) is 44.7. The zero-order valence-electron chi connectivity index (χ0n) is 61.9. The Labute approximate surface area is 578 Å². The molecule has 4 aromatic rings. The van der Waals surface area contributed by atoms with Crippen molar-refractivity contribution in [3.63, 3.8) is 0 Å². The Balaban J connectivity index is 0.000000423. The molecule has 2 unspecified atom stereocenters. The molecule has 2 aliphatic rings. The topological polar surface area (TPSA) is 196 Å². The summed E-state index contributed by atoms with van der Waals surface area (Å²) in [4.78, 5) is 25.6. The minimum Gasteiger partial charge on any atom is -0.478 e. The van der Waals surface area contributed by atoms with Crippen molar-refractivity contribution < 1.29 is 76.4 Å². The lowest BCUT2D eigenvalue weighted by molar-refractivity contribution is -0.152. The van der Waals surface area contributed by atoms with Crippen LogP contribution in [-0.4, -0.2) is 147 Å². The molecular weight excluding hydrogens is 1270 g/mol. The van der Waals surface area contributed by atoms with E-state index in [9.17, 15) is 24.9 Å². The Hall–Kier alpha value is -5.37. The molecule has 0 radical (unpaired) electrons. The zero-order chi connectivity index (χ0) is 71.8. The normalized spacial score (nSPS) is 20.5. The Morgan fingerprint density at radius 1 is 0.604 bits per heavy atom. The van der Waals surface area contributed by atoms with Crippen LogP contribution in [0.15, 0.2) is 121 Å². The lowest BCUT2D eigenvalue weighted by Gasteiger charge is -2.45. The largest absolute Gasteiger partial charge is 0.478 e. The first-order valence-electron chi connectivity index (χ1n) is 33.8. The number of aliphatic hydroxyl groups is 2. The third-order valence-corrected chi connectivity index (χ3v) is 29.2. The molecule has 0 saturated carbocycles. The molecule has 0 aliphatic carbocycles. The molecular formula is C77H116O16Si3. The summed E-state index contributed by atoms with van der Waals surface area (Å²) in [6, 6.07) is 29.8. The van der Waals surface area contributed by atoms with Gasteiger partial charge in [-0.1, -0.05) is 196 Å². The number of carboxylic acids is 1. The van der Waals surface area contributed by atoms with E-state index >= 15 is 0 Å². The van der Waals surface area contributed by atoms with E-state index in [4.69, 9.17) is 51.5 Å². The van der Waals surface area contributed by atoms with E-state index in [-0.39, 0.29) is 59.0 Å². The van der Waals surface area contributed by atoms with Gasteiger partial charge in [0.05, 0.1) is 31.0 Å². The Morgan fingerprint density at radius 2 is 1.06 bits per heavy atom. The fraction of sp³-hybridized carbons (Fsp3) is 0.558. The molecule has 3 N–H and O–H groups in total. The molecule has 532 valence electrons. The van der Waals surface area contributed by atoms with E-state index in [1.165, 1.54) is 17.5 Å². The number of carbonyl (C=O) groups excluding carboxylic acids is 1. The van der Waals surface area contributed by atoms with Crippen LogP contribution >= 0.6 is 0 Å². The van der Waals surface area contributed by atoms with Crippen LogP contribution in [0.4, 0.5) is 0 Å². The molecule has 0 aromatic heterocycles. The highest BCUT2D eigenvalue weighted by molar-refractivity contribution is 6.99. The molecule has 96 heavy (non-hydrogen) atoms. The summed E-state index contributed by atoms with van der Waals surface area (Å²) in [5, 5.41) is 32.4. The van der Waals surface area contributed by atoms with Gasteiger partial charge >= 0.3 is 11.9 Å². The first kappa shape index (κ1) is 81.3. The van der Waals surface area contributed by atoms with Crippen molar-refractivity contribution in [2.45, 2.75) is 233 Å². The van der Waals surface area contributed by atoms with Crippen molar-refractivity contribution in [1.82, 2.24) is 0 Å². The number of rotatable bonds is 31. The molecule has 2 aliphatic heterocycles. The van der Waals surface area contributed by atoms with E-state index in [2.05, 4.69) is 167 Å². The number of esters is 1. The van der Waals surface area contributed by atoms with Gasteiger partial charge in [-0.15, -0.1) is 0 Å². The smallest absolute Gasteiger partial charge is 0.342 e. The van der Waals surface area contributed by atoms with E-state index in [1.54, 1.807) is 64.3 Å². The zero-order valence-corrected chi connectivity index (χ0v) is 64.9. The molecule has 2 saturated heterocycles. The van der Waals surface area contributed by atoms with E-state index < -0.39 is 84.8 Å². The maximum atomic E-state index is 13.7. The first-order valence-corrected chi connectivity index (χ1v) is 42.4. The number of ether oxygens (including phenoxy) is 9. The molecule has 4 aromatic carbocycles. The van der Waals surface area contributed by atoms with E-state index in [0.29, 0.717) is 41.9 Å². The number of hydrogen-bond acceptors (Lipinski definition) is 15. The Morgan fingerprint density at radius 3 is 1.51 bits per heavy atom.